The Balaban J connectivity index is 0.000000170. The van der Waals surface area contributed by atoms with Gasteiger partial charge < -0.3 is 20.1 Å². The molecule has 70 heavy (non-hydrogen) atoms. The standard InChI is InChI=1S/C27H27N5O2.C15H22N2O3.C12H8ClN3/c1-27(2,3)34-23(33)12-6-8-18-13-15-19(16-14-18)25-30-31-26-20-9-4-5-10-21(20)29-24-22(32(25)26)11-7-17-28-24;1-15(2,3)20-13(18)6-4-5-11-7-9-12(10-8-11)14(19)17-16;13-11-8-4-1-2-5-9(8)16-12-10(15-11)6-3-7-14-12/h4-5,7,9-11,13-17H,6,8,12H2,1-3H3,(H,28,29);7-10H,4-6,16H2,1-3H3,(H,17,19);1-7H,(H,14,16). The molecule has 360 valence electrons. The lowest BCUT2D eigenvalue weighted by molar-refractivity contribution is -0.156. The van der Waals surface area contributed by atoms with Crippen LogP contribution in [-0.2, 0) is 31.9 Å². The number of carbonyl (C=O) groups excluding carboxylic acids is 3. The molecule has 2 aliphatic heterocycles. The van der Waals surface area contributed by atoms with Crippen LogP contribution in [0.5, 0.6) is 0 Å². The lowest BCUT2D eigenvalue weighted by atomic mass is 10.1. The highest BCUT2D eigenvalue weighted by Gasteiger charge is 2.25. The van der Waals surface area contributed by atoms with Crippen LogP contribution in [0.25, 0.3) is 28.5 Å². The van der Waals surface area contributed by atoms with E-state index in [0.717, 1.165) is 99.5 Å². The van der Waals surface area contributed by atoms with Gasteiger partial charge in [-0.1, -0.05) is 72.3 Å². The van der Waals surface area contributed by atoms with Gasteiger partial charge in [-0.05, 0) is 139 Å². The van der Waals surface area contributed by atoms with Gasteiger partial charge in [-0.2, -0.15) is 0 Å². The molecule has 0 saturated carbocycles. The highest BCUT2D eigenvalue weighted by molar-refractivity contribution is 6.70. The fraction of sp³-hybridized carbons (Fsp3) is 0.259. The van der Waals surface area contributed by atoms with Gasteiger partial charge in [-0.15, -0.1) is 10.2 Å². The maximum absolute atomic E-state index is 12.0. The van der Waals surface area contributed by atoms with Crippen molar-refractivity contribution in [3.8, 4) is 28.5 Å². The van der Waals surface area contributed by atoms with Gasteiger partial charge in [0.05, 0.1) is 17.1 Å². The lowest BCUT2D eigenvalue weighted by Gasteiger charge is -2.19. The number of aryl methyl sites for hydroxylation is 2. The number of esters is 2. The number of benzene rings is 4. The van der Waals surface area contributed by atoms with Crippen LogP contribution in [0.2, 0.25) is 0 Å². The highest BCUT2D eigenvalue weighted by Crippen LogP contribution is 2.39. The smallest absolute Gasteiger partial charge is 0.306 e. The summed E-state index contributed by atoms with van der Waals surface area (Å²) >= 11 is 6.16. The first-order valence-electron chi connectivity index (χ1n) is 23.0. The number of hydrogen-bond donors (Lipinski definition) is 4. The lowest BCUT2D eigenvalue weighted by Crippen LogP contribution is -2.29. The normalized spacial score (nSPS) is 12.0. The van der Waals surface area contributed by atoms with Crippen molar-refractivity contribution in [2.45, 2.75) is 91.3 Å². The minimum Gasteiger partial charge on any atom is -0.460 e. The first-order chi connectivity index (χ1) is 33.5. The van der Waals surface area contributed by atoms with Crippen molar-refractivity contribution in [3.63, 3.8) is 0 Å². The molecule has 0 spiro atoms. The summed E-state index contributed by atoms with van der Waals surface area (Å²) in [5.41, 5.74) is 10.3. The Bertz CT molecular complexity index is 2980. The SMILES string of the molecule is CC(C)(C)OC(=O)CCCc1ccc(-c2nnc3n2-c2cccnc2Nc2ccccc2-3)cc1.CC(C)(C)OC(=O)CCCc1ccc(C(=O)NN)cc1.ClC1=Nc2cccnc2Nc2ccccc21. The number of nitrogens with one attached hydrogen (secondary N) is 3. The number of nitrogens with two attached hydrogens (primary N) is 1. The number of fused-ring (bicyclic) bond motifs is 7. The van der Waals surface area contributed by atoms with E-state index in [4.69, 9.17) is 26.9 Å². The van der Waals surface area contributed by atoms with Crippen molar-refractivity contribution in [1.82, 2.24) is 30.2 Å². The van der Waals surface area contributed by atoms with E-state index >= 15 is 0 Å². The number of nitrogen functional groups attached to an aromatic ring is 1. The molecule has 5 N–H and O–H groups in total. The molecule has 0 bridgehead atoms. The number of hydrazine groups is 1. The number of nitrogens with zero attached hydrogens (tertiary/aromatic N) is 6. The molecule has 1 amide bonds. The van der Waals surface area contributed by atoms with E-state index in [1.54, 1.807) is 24.5 Å². The Kier molecular flexibility index (Phi) is 16.2. The number of pyridine rings is 2. The number of para-hydroxylation sites is 2. The van der Waals surface area contributed by atoms with Gasteiger partial charge in [0.1, 0.15) is 22.1 Å². The second-order valence-electron chi connectivity index (χ2n) is 18.4. The van der Waals surface area contributed by atoms with Crippen molar-refractivity contribution in [2.75, 3.05) is 10.6 Å². The summed E-state index contributed by atoms with van der Waals surface area (Å²) in [6.45, 7) is 11.2. The minimum atomic E-state index is -0.445. The van der Waals surface area contributed by atoms with E-state index in [-0.39, 0.29) is 17.8 Å². The summed E-state index contributed by atoms with van der Waals surface area (Å²) in [6.07, 6.45) is 7.34. The maximum atomic E-state index is 12.0. The minimum absolute atomic E-state index is 0.156. The van der Waals surface area contributed by atoms with Crippen LogP contribution >= 0.6 is 11.6 Å². The number of amides is 1. The van der Waals surface area contributed by atoms with E-state index in [1.807, 2.05) is 126 Å². The van der Waals surface area contributed by atoms with Crippen LogP contribution in [0.15, 0.2) is 139 Å². The van der Waals surface area contributed by atoms with Gasteiger partial charge in [0, 0.05) is 47.5 Å². The molecular formula is C54H57ClN10O5. The Labute approximate surface area is 412 Å². The van der Waals surface area contributed by atoms with Crippen molar-refractivity contribution < 1.29 is 23.9 Å². The molecule has 0 aliphatic carbocycles. The van der Waals surface area contributed by atoms with E-state index < -0.39 is 11.2 Å². The average Bonchev–Trinajstić information content (AvgIpc) is 3.64. The Morgan fingerprint density at radius 1 is 0.629 bits per heavy atom. The Hall–Kier alpha value is -7.75. The third-order valence-electron chi connectivity index (χ3n) is 10.6. The van der Waals surface area contributed by atoms with Gasteiger partial charge in [0.2, 0.25) is 0 Å². The molecule has 16 heteroatoms. The number of rotatable bonds is 10. The molecule has 0 unspecified atom stereocenters. The van der Waals surface area contributed by atoms with Gasteiger partial charge in [-0.3, -0.25) is 24.4 Å². The van der Waals surface area contributed by atoms with E-state index in [2.05, 4.69) is 70.0 Å². The van der Waals surface area contributed by atoms with E-state index in [0.29, 0.717) is 23.6 Å². The van der Waals surface area contributed by atoms with Gasteiger partial charge >= 0.3 is 11.9 Å². The largest absolute Gasteiger partial charge is 0.460 e. The van der Waals surface area contributed by atoms with Gasteiger partial charge in [0.25, 0.3) is 5.91 Å². The number of ether oxygens (including phenoxy) is 2. The molecule has 0 radical (unpaired) electrons. The fourth-order valence-corrected chi connectivity index (χ4v) is 7.75. The average molecular weight is 962 g/mol. The summed E-state index contributed by atoms with van der Waals surface area (Å²) in [5.74, 6) is 7.41. The first-order valence-corrected chi connectivity index (χ1v) is 23.4. The van der Waals surface area contributed by atoms with E-state index in [1.165, 1.54) is 0 Å². The monoisotopic (exact) mass is 960 g/mol. The third-order valence-corrected chi connectivity index (χ3v) is 10.9. The summed E-state index contributed by atoms with van der Waals surface area (Å²) in [5, 5.41) is 16.2. The number of halogens is 1. The zero-order chi connectivity index (χ0) is 49.8. The van der Waals surface area contributed by atoms with Crippen molar-refractivity contribution in [2.24, 2.45) is 10.8 Å². The molecule has 0 atom stereocenters. The molecule has 0 fully saturated rings. The van der Waals surface area contributed by atoms with Crippen LogP contribution in [0.4, 0.5) is 28.7 Å². The zero-order valence-electron chi connectivity index (χ0n) is 40.1. The Morgan fingerprint density at radius 2 is 1.14 bits per heavy atom. The molecule has 5 heterocycles. The van der Waals surface area contributed by atoms with Crippen LogP contribution in [0.3, 0.4) is 0 Å². The number of carbonyl (C=O) groups is 3. The number of aromatic nitrogens is 5. The van der Waals surface area contributed by atoms with Crippen LogP contribution in [0.1, 0.15) is 94.3 Å². The quantitative estimate of drug-likeness (QED) is 0.0438. The molecule has 0 saturated heterocycles. The third kappa shape index (κ3) is 13.5. The van der Waals surface area contributed by atoms with Crippen LogP contribution in [-0.4, -0.2) is 59.0 Å². The molecule has 2 aliphatic rings. The Morgan fingerprint density at radius 3 is 1.74 bits per heavy atom. The number of aliphatic imine (C=N–C) groups is 1. The van der Waals surface area contributed by atoms with E-state index in [9.17, 15) is 14.4 Å². The molecular weight excluding hydrogens is 904 g/mol. The van der Waals surface area contributed by atoms with Crippen molar-refractivity contribution in [1.29, 1.82) is 0 Å². The predicted molar refractivity (Wildman–Crippen MR) is 275 cm³/mol. The van der Waals surface area contributed by atoms with Gasteiger partial charge in [0.15, 0.2) is 23.3 Å². The van der Waals surface area contributed by atoms with Crippen molar-refractivity contribution in [3.05, 3.63) is 156 Å². The predicted octanol–water partition coefficient (Wildman–Crippen LogP) is 11.1. The summed E-state index contributed by atoms with van der Waals surface area (Å²) in [6, 6.07) is 38.9. The summed E-state index contributed by atoms with van der Waals surface area (Å²) in [4.78, 5) is 47.9. The second-order valence-corrected chi connectivity index (χ2v) is 18.8. The molecule has 4 aromatic carbocycles. The molecule has 3 aromatic heterocycles. The van der Waals surface area contributed by atoms with Gasteiger partial charge in [-0.25, -0.2) is 20.8 Å². The topological polar surface area (TPSA) is 201 Å². The fourth-order valence-electron chi connectivity index (χ4n) is 7.50. The zero-order valence-corrected chi connectivity index (χ0v) is 40.9. The molecule has 9 rings (SSSR count). The second kappa shape index (κ2) is 22.6. The molecule has 7 aromatic rings. The highest BCUT2D eigenvalue weighted by atomic mass is 35.5. The molecule has 15 nitrogen and oxygen atoms in total. The summed E-state index contributed by atoms with van der Waals surface area (Å²) in [7, 11) is 0. The number of anilines is 4. The maximum Gasteiger partial charge on any atom is 0.306 e. The summed E-state index contributed by atoms with van der Waals surface area (Å²) < 4.78 is 12.7. The van der Waals surface area contributed by atoms with Crippen molar-refractivity contribution >= 4 is 63.3 Å². The first kappa shape index (κ1) is 50.1. The number of hydrogen-bond acceptors (Lipinski definition) is 13. The van der Waals surface area contributed by atoms with Crippen LogP contribution < -0.4 is 21.9 Å². The van der Waals surface area contributed by atoms with Crippen LogP contribution in [0, 0.1) is 0 Å².